The fraction of sp³-hybridized carbons (Fsp3) is 0. The number of benzene rings is 2. The number of rotatable bonds is 1. The summed E-state index contributed by atoms with van der Waals surface area (Å²) in [6.07, 6.45) is 0. The Bertz CT molecular complexity index is 452. The Kier molecular flexibility index (Phi) is 2.51. The van der Waals surface area contributed by atoms with Crippen molar-refractivity contribution in [2.75, 3.05) is 0 Å². The molecule has 0 fully saturated rings. The fourth-order valence-electron chi connectivity index (χ4n) is 1.35. The molecule has 0 N–H and O–H groups in total. The lowest BCUT2D eigenvalue weighted by Crippen LogP contribution is -1.82. The Labute approximate surface area is 87.0 Å². The second kappa shape index (κ2) is 3.81. The zero-order valence-corrected chi connectivity index (χ0v) is 8.13. The molecule has 2 rings (SSSR count). The fourth-order valence-corrected chi connectivity index (χ4v) is 1.54. The first-order valence-corrected chi connectivity index (χ1v) is 4.65. The van der Waals surface area contributed by atoms with Crippen molar-refractivity contribution in [3.8, 4) is 11.1 Å². The Morgan fingerprint density at radius 1 is 0.929 bits per heavy atom. The van der Waals surface area contributed by atoms with Gasteiger partial charge in [0.25, 0.3) is 0 Å². The van der Waals surface area contributed by atoms with Crippen LogP contribution in [0.15, 0.2) is 48.5 Å². The molecule has 2 aromatic rings. The minimum atomic E-state index is -0.227. The average molecular weight is 207 g/mol. The molecule has 0 bridgehead atoms. The normalized spacial score (nSPS) is 10.1. The van der Waals surface area contributed by atoms with Crippen molar-refractivity contribution in [2.45, 2.75) is 0 Å². The summed E-state index contributed by atoms with van der Waals surface area (Å²) in [5.41, 5.74) is 1.38. The summed E-state index contributed by atoms with van der Waals surface area (Å²) in [6.45, 7) is 0. The van der Waals surface area contributed by atoms with Crippen LogP contribution in [0.4, 0.5) is 4.39 Å². The predicted octanol–water partition coefficient (Wildman–Crippen LogP) is 4.15. The summed E-state index contributed by atoms with van der Waals surface area (Å²) in [7, 11) is 0. The van der Waals surface area contributed by atoms with E-state index in [1.807, 2.05) is 12.1 Å². The lowest BCUT2D eigenvalue weighted by Gasteiger charge is -2.02. The summed E-state index contributed by atoms with van der Waals surface area (Å²) in [6, 6.07) is 13.8. The van der Waals surface area contributed by atoms with Crippen molar-refractivity contribution in [3.05, 3.63) is 59.4 Å². The van der Waals surface area contributed by atoms with Gasteiger partial charge in [-0.15, -0.1) is 0 Å². The first-order valence-electron chi connectivity index (χ1n) is 4.28. The van der Waals surface area contributed by atoms with Crippen molar-refractivity contribution in [1.29, 1.82) is 0 Å². The number of hydrogen-bond acceptors (Lipinski definition) is 0. The standard InChI is InChI=1S/C12H8ClF/c13-10-5-3-4-9(8-10)11-6-1-2-7-12(11)14/h1-8H. The first kappa shape index (κ1) is 9.22. The molecular formula is C12H8ClF. The second-order valence-corrected chi connectivity index (χ2v) is 3.43. The lowest BCUT2D eigenvalue weighted by molar-refractivity contribution is 0.631. The van der Waals surface area contributed by atoms with Gasteiger partial charge in [-0.3, -0.25) is 0 Å². The topological polar surface area (TPSA) is 0 Å². The van der Waals surface area contributed by atoms with Gasteiger partial charge in [0.05, 0.1) is 0 Å². The van der Waals surface area contributed by atoms with Gasteiger partial charge in [0.15, 0.2) is 0 Å². The summed E-state index contributed by atoms with van der Waals surface area (Å²) in [5, 5.41) is 0.616. The minimum Gasteiger partial charge on any atom is -0.206 e. The van der Waals surface area contributed by atoms with Crippen LogP contribution in [0, 0.1) is 5.82 Å². The van der Waals surface area contributed by atoms with Gasteiger partial charge in [0.2, 0.25) is 0 Å². The van der Waals surface area contributed by atoms with E-state index < -0.39 is 0 Å². The van der Waals surface area contributed by atoms with E-state index in [0.29, 0.717) is 10.6 Å². The van der Waals surface area contributed by atoms with Crippen LogP contribution in [0.3, 0.4) is 0 Å². The molecule has 0 atom stereocenters. The van der Waals surface area contributed by atoms with Crippen LogP contribution in [-0.4, -0.2) is 0 Å². The molecule has 0 amide bonds. The molecule has 0 aliphatic rings. The smallest absolute Gasteiger partial charge is 0.131 e. The van der Waals surface area contributed by atoms with Crippen LogP contribution >= 0.6 is 11.6 Å². The first-order chi connectivity index (χ1) is 6.77. The van der Waals surface area contributed by atoms with Gasteiger partial charge >= 0.3 is 0 Å². The van der Waals surface area contributed by atoms with Gasteiger partial charge < -0.3 is 0 Å². The predicted molar refractivity (Wildman–Crippen MR) is 56.8 cm³/mol. The van der Waals surface area contributed by atoms with Crippen LogP contribution < -0.4 is 0 Å². The van der Waals surface area contributed by atoms with E-state index >= 15 is 0 Å². The number of halogens is 2. The van der Waals surface area contributed by atoms with Crippen molar-refractivity contribution < 1.29 is 4.39 Å². The summed E-state index contributed by atoms with van der Waals surface area (Å²) in [4.78, 5) is 0. The van der Waals surface area contributed by atoms with E-state index in [0.717, 1.165) is 5.56 Å². The van der Waals surface area contributed by atoms with Gasteiger partial charge in [0, 0.05) is 10.6 Å². The third-order valence-electron chi connectivity index (χ3n) is 2.01. The molecule has 14 heavy (non-hydrogen) atoms. The van der Waals surface area contributed by atoms with E-state index in [1.54, 1.807) is 30.3 Å². The quantitative estimate of drug-likeness (QED) is 0.658. The maximum Gasteiger partial charge on any atom is 0.131 e. The highest BCUT2D eigenvalue weighted by Gasteiger charge is 2.03. The SMILES string of the molecule is Fc1ccccc1-c1cccc(Cl)c1. The molecule has 2 aromatic carbocycles. The zero-order valence-electron chi connectivity index (χ0n) is 7.37. The van der Waals surface area contributed by atoms with Gasteiger partial charge in [-0.25, -0.2) is 4.39 Å². The lowest BCUT2D eigenvalue weighted by atomic mass is 10.1. The average Bonchev–Trinajstić information content (AvgIpc) is 2.18. The van der Waals surface area contributed by atoms with Crippen molar-refractivity contribution in [1.82, 2.24) is 0 Å². The molecular weight excluding hydrogens is 199 g/mol. The monoisotopic (exact) mass is 206 g/mol. The maximum atomic E-state index is 13.4. The zero-order chi connectivity index (χ0) is 9.97. The Morgan fingerprint density at radius 2 is 1.71 bits per heavy atom. The summed E-state index contributed by atoms with van der Waals surface area (Å²) >= 11 is 5.82. The highest BCUT2D eigenvalue weighted by Crippen LogP contribution is 2.24. The van der Waals surface area contributed by atoms with Gasteiger partial charge in [-0.2, -0.15) is 0 Å². The molecule has 0 saturated heterocycles. The third kappa shape index (κ3) is 1.78. The van der Waals surface area contributed by atoms with Gasteiger partial charge in [-0.1, -0.05) is 41.9 Å². The largest absolute Gasteiger partial charge is 0.206 e. The molecule has 2 heteroatoms. The summed E-state index contributed by atoms with van der Waals surface area (Å²) in [5.74, 6) is -0.227. The highest BCUT2D eigenvalue weighted by molar-refractivity contribution is 6.30. The van der Waals surface area contributed by atoms with Crippen molar-refractivity contribution in [2.24, 2.45) is 0 Å². The summed E-state index contributed by atoms with van der Waals surface area (Å²) < 4.78 is 13.4. The van der Waals surface area contributed by atoms with E-state index in [1.165, 1.54) is 6.07 Å². The van der Waals surface area contributed by atoms with Crippen LogP contribution in [-0.2, 0) is 0 Å². The maximum absolute atomic E-state index is 13.4. The van der Waals surface area contributed by atoms with E-state index in [2.05, 4.69) is 0 Å². The molecule has 0 saturated carbocycles. The molecule has 0 aliphatic heterocycles. The molecule has 0 heterocycles. The molecule has 0 aliphatic carbocycles. The molecule has 0 aromatic heterocycles. The van der Waals surface area contributed by atoms with Crippen molar-refractivity contribution in [3.63, 3.8) is 0 Å². The molecule has 0 radical (unpaired) electrons. The van der Waals surface area contributed by atoms with E-state index in [4.69, 9.17) is 11.6 Å². The minimum absolute atomic E-state index is 0.227. The Balaban J connectivity index is 2.55. The second-order valence-electron chi connectivity index (χ2n) is 2.99. The van der Waals surface area contributed by atoms with Crippen LogP contribution in [0.25, 0.3) is 11.1 Å². The molecule has 0 spiro atoms. The molecule has 70 valence electrons. The highest BCUT2D eigenvalue weighted by atomic mass is 35.5. The number of hydrogen-bond donors (Lipinski definition) is 0. The van der Waals surface area contributed by atoms with Crippen LogP contribution in [0.5, 0.6) is 0 Å². The van der Waals surface area contributed by atoms with Gasteiger partial charge in [0.1, 0.15) is 5.82 Å². The molecule has 0 nitrogen and oxygen atoms in total. The third-order valence-corrected chi connectivity index (χ3v) is 2.24. The Morgan fingerprint density at radius 3 is 2.43 bits per heavy atom. The van der Waals surface area contributed by atoms with E-state index in [9.17, 15) is 4.39 Å². The van der Waals surface area contributed by atoms with Gasteiger partial charge in [-0.05, 0) is 23.8 Å². The molecule has 0 unspecified atom stereocenters. The van der Waals surface area contributed by atoms with E-state index in [-0.39, 0.29) is 5.82 Å². The van der Waals surface area contributed by atoms with Crippen LogP contribution in [0.2, 0.25) is 5.02 Å². The Hall–Kier alpha value is -1.34. The van der Waals surface area contributed by atoms with Crippen LogP contribution in [0.1, 0.15) is 0 Å². The van der Waals surface area contributed by atoms with Crippen molar-refractivity contribution >= 4 is 11.6 Å².